The van der Waals surface area contributed by atoms with Crippen molar-refractivity contribution in [2.45, 2.75) is 50.9 Å². The lowest BCUT2D eigenvalue weighted by atomic mass is 9.58. The first-order valence-corrected chi connectivity index (χ1v) is 14.4. The third kappa shape index (κ3) is 5.21. The zero-order valence-electron chi connectivity index (χ0n) is 23.1. The van der Waals surface area contributed by atoms with Crippen LogP contribution in [0.3, 0.4) is 0 Å². The summed E-state index contributed by atoms with van der Waals surface area (Å²) < 4.78 is 0. The fourth-order valence-electron chi connectivity index (χ4n) is 6.47. The van der Waals surface area contributed by atoms with Crippen LogP contribution in [0.15, 0.2) is 30.4 Å². The van der Waals surface area contributed by atoms with Crippen LogP contribution in [0, 0.1) is 11.3 Å². The van der Waals surface area contributed by atoms with E-state index in [9.17, 15) is 19.2 Å². The van der Waals surface area contributed by atoms with Gasteiger partial charge in [-0.1, -0.05) is 30.7 Å². The third-order valence-corrected chi connectivity index (χ3v) is 9.18. The number of primary amides is 1. The molecule has 11 heteroatoms. The molecule has 3 heterocycles. The number of aromatic nitrogens is 2. The number of carbonyl (C=O) groups excluding carboxylic acids is 4. The average Bonchev–Trinajstić information content (AvgIpc) is 3.60. The van der Waals surface area contributed by atoms with Crippen LogP contribution >= 0.6 is 11.6 Å². The summed E-state index contributed by atoms with van der Waals surface area (Å²) in [6.45, 7) is 4.57. The van der Waals surface area contributed by atoms with Gasteiger partial charge in [0.2, 0.25) is 23.6 Å². The lowest BCUT2D eigenvalue weighted by Gasteiger charge is -2.45. The average molecular weight is 569 g/mol. The molecule has 3 aliphatic rings. The number of benzene rings is 1. The van der Waals surface area contributed by atoms with Crippen LogP contribution in [0.4, 0.5) is 0 Å². The summed E-state index contributed by atoms with van der Waals surface area (Å²) in [6.07, 6.45) is 7.09. The molecule has 4 amide bonds. The Bertz CT molecular complexity index is 1370. The maximum absolute atomic E-state index is 13.7. The number of hydrogen-bond acceptors (Lipinski definition) is 5. The Morgan fingerprint density at radius 2 is 1.90 bits per heavy atom. The first kappa shape index (κ1) is 28.1. The predicted octanol–water partition coefficient (Wildman–Crippen LogP) is 2.62. The van der Waals surface area contributed by atoms with Gasteiger partial charge in [0.05, 0.1) is 23.5 Å². The molecule has 0 bridgehead atoms. The van der Waals surface area contributed by atoms with E-state index < -0.39 is 22.7 Å². The second-order valence-electron chi connectivity index (χ2n) is 11.8. The molecule has 214 valence electrons. The van der Waals surface area contributed by atoms with Crippen molar-refractivity contribution in [3.63, 3.8) is 0 Å². The van der Waals surface area contributed by atoms with Crippen LogP contribution in [0.2, 0.25) is 5.02 Å². The van der Waals surface area contributed by atoms with Gasteiger partial charge in [-0.15, -0.1) is 0 Å². The number of carbonyl (C=O) groups is 4. The van der Waals surface area contributed by atoms with E-state index in [1.807, 2.05) is 17.9 Å². The number of piperazine rings is 1. The van der Waals surface area contributed by atoms with Crippen LogP contribution in [-0.4, -0.2) is 88.1 Å². The van der Waals surface area contributed by atoms with E-state index in [1.165, 1.54) is 0 Å². The normalized spacial score (nSPS) is 27.0. The number of nitrogens with one attached hydrogen (secondary N) is 1. The molecule has 5 rings (SSSR count). The van der Waals surface area contributed by atoms with Gasteiger partial charge >= 0.3 is 0 Å². The highest BCUT2D eigenvalue weighted by molar-refractivity contribution is 6.31. The molecule has 2 unspecified atom stereocenters. The fourth-order valence-corrected chi connectivity index (χ4v) is 6.64. The minimum Gasteiger partial charge on any atom is -0.369 e. The van der Waals surface area contributed by atoms with Crippen LogP contribution in [0.25, 0.3) is 11.0 Å². The predicted molar refractivity (Wildman–Crippen MR) is 151 cm³/mol. The first-order chi connectivity index (χ1) is 19.0. The van der Waals surface area contributed by atoms with Crippen molar-refractivity contribution in [1.82, 2.24) is 24.7 Å². The second kappa shape index (κ2) is 10.9. The summed E-state index contributed by atoms with van der Waals surface area (Å²) in [5, 5.41) is 0.544. The highest BCUT2D eigenvalue weighted by Gasteiger charge is 2.52. The highest BCUT2D eigenvalue weighted by Crippen LogP contribution is 2.50. The summed E-state index contributed by atoms with van der Waals surface area (Å²) in [5.74, 6) is -0.704. The van der Waals surface area contributed by atoms with Gasteiger partial charge in [0.15, 0.2) is 0 Å². The fraction of sp³-hybridized carbons (Fsp3) is 0.552. The quantitative estimate of drug-likeness (QED) is 0.495. The molecule has 3 N–H and O–H groups in total. The largest absolute Gasteiger partial charge is 0.369 e. The molecule has 10 nitrogen and oxygen atoms in total. The summed E-state index contributed by atoms with van der Waals surface area (Å²) >= 11 is 6.18. The number of fused-ring (bicyclic) bond motifs is 1. The Labute approximate surface area is 238 Å². The standard InChI is InChI=1S/C29H37ClN6O4/c1-28(10-5-6-23(37)36-15-14-34(2)24(38)17-36)18-29(26(31)40,11-9-20(28)25(39)35-12-3-4-13-35)27-32-21-8-7-19(30)16-22(21)33-27/h7-9,11,16,20H,3-6,10,12-15,17-18H2,1-2H3,(H2,31,40)(H,32,33)/t20?,28?,29-/m0/s1. The number of nitrogens with zero attached hydrogens (tertiary/aromatic N) is 4. The zero-order chi connectivity index (χ0) is 28.7. The topological polar surface area (TPSA) is 133 Å². The van der Waals surface area contributed by atoms with Gasteiger partial charge < -0.3 is 25.4 Å². The number of nitrogens with two attached hydrogens (primary N) is 1. The molecular weight excluding hydrogens is 532 g/mol. The molecule has 2 aliphatic heterocycles. The van der Waals surface area contributed by atoms with Gasteiger partial charge in [-0.25, -0.2) is 4.98 Å². The molecular formula is C29H37ClN6O4. The molecule has 0 spiro atoms. The van der Waals surface area contributed by atoms with Gasteiger partial charge in [0, 0.05) is 44.7 Å². The van der Waals surface area contributed by atoms with Crippen molar-refractivity contribution in [1.29, 1.82) is 0 Å². The number of imidazole rings is 1. The summed E-state index contributed by atoms with van der Waals surface area (Å²) in [5.41, 5.74) is 5.52. The highest BCUT2D eigenvalue weighted by atomic mass is 35.5. The van der Waals surface area contributed by atoms with Crippen molar-refractivity contribution in [3.05, 3.63) is 41.2 Å². The first-order valence-electron chi connectivity index (χ1n) is 14.0. The Balaban J connectivity index is 1.42. The van der Waals surface area contributed by atoms with Crippen molar-refractivity contribution in [2.24, 2.45) is 17.1 Å². The molecule has 3 atom stereocenters. The summed E-state index contributed by atoms with van der Waals surface area (Å²) in [4.78, 5) is 65.1. The van der Waals surface area contributed by atoms with E-state index in [2.05, 4.69) is 4.98 Å². The Morgan fingerprint density at radius 1 is 1.15 bits per heavy atom. The van der Waals surface area contributed by atoms with Crippen LogP contribution in [0.5, 0.6) is 0 Å². The Hall–Kier alpha value is -3.40. The second-order valence-corrected chi connectivity index (χ2v) is 12.2. The third-order valence-electron chi connectivity index (χ3n) is 8.95. The van der Waals surface area contributed by atoms with Gasteiger partial charge in [0.1, 0.15) is 11.2 Å². The van der Waals surface area contributed by atoms with Crippen LogP contribution in [0.1, 0.15) is 51.3 Å². The van der Waals surface area contributed by atoms with Gasteiger partial charge in [-0.2, -0.15) is 0 Å². The van der Waals surface area contributed by atoms with Crippen molar-refractivity contribution < 1.29 is 19.2 Å². The maximum Gasteiger partial charge on any atom is 0.241 e. The Morgan fingerprint density at radius 3 is 2.60 bits per heavy atom. The number of hydrogen-bond donors (Lipinski definition) is 2. The van der Waals surface area contributed by atoms with E-state index in [-0.39, 0.29) is 37.1 Å². The van der Waals surface area contributed by atoms with Gasteiger partial charge in [-0.05, 0) is 55.7 Å². The van der Waals surface area contributed by atoms with Crippen LogP contribution in [-0.2, 0) is 24.6 Å². The minimum absolute atomic E-state index is 0.0432. The number of likely N-dealkylation sites (N-methyl/N-ethyl adjacent to an activating group) is 1. The molecule has 0 radical (unpaired) electrons. The SMILES string of the molecule is CN1CCN(C(=O)CCCC2(C)C[C@@](C(N)=O)(c3nc4ccc(Cl)cc4[nH]3)C=CC2C(=O)N2CCCC2)CC1=O. The Kier molecular flexibility index (Phi) is 7.65. The van der Waals surface area contributed by atoms with Crippen LogP contribution < -0.4 is 5.73 Å². The summed E-state index contributed by atoms with van der Waals surface area (Å²) in [6, 6.07) is 5.27. The molecule has 40 heavy (non-hydrogen) atoms. The lowest BCUT2D eigenvalue weighted by Crippen LogP contribution is -2.52. The molecule has 1 aromatic carbocycles. The minimum atomic E-state index is -1.25. The summed E-state index contributed by atoms with van der Waals surface area (Å²) in [7, 11) is 1.74. The molecule has 2 fully saturated rings. The molecule has 1 aliphatic carbocycles. The monoisotopic (exact) mass is 568 g/mol. The number of halogens is 1. The molecule has 2 aromatic rings. The van der Waals surface area contributed by atoms with Crippen molar-refractivity contribution in [3.8, 4) is 0 Å². The van der Waals surface area contributed by atoms with Crippen molar-refractivity contribution >= 4 is 46.3 Å². The number of amides is 4. The van der Waals surface area contributed by atoms with E-state index in [4.69, 9.17) is 22.3 Å². The van der Waals surface area contributed by atoms with Gasteiger partial charge in [-0.3, -0.25) is 19.2 Å². The van der Waals surface area contributed by atoms with Gasteiger partial charge in [0.25, 0.3) is 0 Å². The number of likely N-dealkylation sites (tertiary alicyclic amines) is 1. The smallest absolute Gasteiger partial charge is 0.241 e. The van der Waals surface area contributed by atoms with E-state index in [0.29, 0.717) is 47.8 Å². The maximum atomic E-state index is 13.7. The van der Waals surface area contributed by atoms with E-state index in [0.717, 1.165) is 25.9 Å². The number of aromatic amines is 1. The molecule has 1 aromatic heterocycles. The lowest BCUT2D eigenvalue weighted by molar-refractivity contribution is -0.144. The number of rotatable bonds is 7. The number of H-pyrrole nitrogens is 1. The molecule has 2 saturated heterocycles. The van der Waals surface area contributed by atoms with E-state index >= 15 is 0 Å². The zero-order valence-corrected chi connectivity index (χ0v) is 23.9. The van der Waals surface area contributed by atoms with Crippen molar-refractivity contribution in [2.75, 3.05) is 39.8 Å². The molecule has 0 saturated carbocycles. The van der Waals surface area contributed by atoms with E-state index in [1.54, 1.807) is 41.1 Å².